The van der Waals surface area contributed by atoms with Crippen molar-refractivity contribution in [2.45, 2.75) is 38.5 Å². The number of aromatic nitrogens is 1. The molecule has 6 heteroatoms. The number of carbonyl (C=O) groups is 1. The molecule has 0 bridgehead atoms. The number of hydrogen-bond acceptors (Lipinski definition) is 4. The van der Waals surface area contributed by atoms with Gasteiger partial charge in [-0.1, -0.05) is 42.0 Å². The number of para-hydroxylation sites is 2. The highest BCUT2D eigenvalue weighted by atomic mass is 16.5. The minimum absolute atomic E-state index is 0.0764. The maximum Gasteiger partial charge on any atom is 0.420 e. The van der Waals surface area contributed by atoms with Crippen molar-refractivity contribution in [1.82, 2.24) is 9.88 Å². The number of ether oxygens (including phenoxy) is 1. The van der Waals surface area contributed by atoms with Crippen LogP contribution in [-0.2, 0) is 16.1 Å². The molecular weight excluding hydrogens is 344 g/mol. The highest BCUT2D eigenvalue weighted by Gasteiger charge is 2.29. The molecule has 2 atom stereocenters. The van der Waals surface area contributed by atoms with Crippen LogP contribution in [0.5, 0.6) is 0 Å². The van der Waals surface area contributed by atoms with Crippen LogP contribution in [0.4, 0.5) is 0 Å². The molecule has 1 amide bonds. The van der Waals surface area contributed by atoms with Gasteiger partial charge in [-0.05, 0) is 37.5 Å². The SMILES string of the molecule is Cc1ccc([C@@H]2OCCC[C@H]2NC(=O)Cn2c(=O)oc3ccccc32)cc1. The molecule has 6 nitrogen and oxygen atoms in total. The van der Waals surface area contributed by atoms with Gasteiger partial charge in [0.25, 0.3) is 0 Å². The number of fused-ring (bicyclic) bond motifs is 1. The van der Waals surface area contributed by atoms with Gasteiger partial charge >= 0.3 is 5.76 Å². The minimum atomic E-state index is -0.527. The van der Waals surface area contributed by atoms with Gasteiger partial charge in [-0.3, -0.25) is 9.36 Å². The normalized spacial score (nSPS) is 19.9. The first kappa shape index (κ1) is 17.5. The summed E-state index contributed by atoms with van der Waals surface area (Å²) in [6.07, 6.45) is 1.55. The summed E-state index contributed by atoms with van der Waals surface area (Å²) < 4.78 is 12.5. The lowest BCUT2D eigenvalue weighted by Gasteiger charge is -2.32. The summed E-state index contributed by atoms with van der Waals surface area (Å²) in [5.41, 5.74) is 3.33. The van der Waals surface area contributed by atoms with E-state index in [0.717, 1.165) is 18.4 Å². The van der Waals surface area contributed by atoms with Crippen molar-refractivity contribution in [3.8, 4) is 0 Å². The average Bonchev–Trinajstić information content (AvgIpc) is 2.98. The van der Waals surface area contributed by atoms with Crippen molar-refractivity contribution in [2.24, 2.45) is 0 Å². The van der Waals surface area contributed by atoms with Crippen LogP contribution in [0, 0.1) is 6.92 Å². The number of rotatable bonds is 4. The summed E-state index contributed by atoms with van der Waals surface area (Å²) in [5.74, 6) is -0.752. The molecule has 27 heavy (non-hydrogen) atoms. The Bertz CT molecular complexity index is 1000. The molecule has 1 N–H and O–H groups in total. The Balaban J connectivity index is 1.51. The number of aryl methyl sites for hydroxylation is 1. The summed E-state index contributed by atoms with van der Waals surface area (Å²) >= 11 is 0. The highest BCUT2D eigenvalue weighted by Crippen LogP contribution is 2.28. The smallest absolute Gasteiger partial charge is 0.408 e. The fraction of sp³-hybridized carbons (Fsp3) is 0.333. The number of oxazole rings is 1. The van der Waals surface area contributed by atoms with E-state index in [1.807, 2.05) is 37.3 Å². The third kappa shape index (κ3) is 3.66. The molecule has 2 heterocycles. The topological polar surface area (TPSA) is 73.5 Å². The Kier molecular flexibility index (Phi) is 4.81. The van der Waals surface area contributed by atoms with Gasteiger partial charge in [-0.15, -0.1) is 0 Å². The Morgan fingerprint density at radius 1 is 1.19 bits per heavy atom. The summed E-state index contributed by atoms with van der Waals surface area (Å²) in [7, 11) is 0. The number of amides is 1. The van der Waals surface area contributed by atoms with E-state index in [1.54, 1.807) is 18.2 Å². The number of hydrogen-bond donors (Lipinski definition) is 1. The van der Waals surface area contributed by atoms with Gasteiger partial charge < -0.3 is 14.5 Å². The van der Waals surface area contributed by atoms with E-state index >= 15 is 0 Å². The molecule has 140 valence electrons. The molecule has 1 aromatic heterocycles. The number of carbonyl (C=O) groups excluding carboxylic acids is 1. The van der Waals surface area contributed by atoms with Gasteiger partial charge in [0.05, 0.1) is 11.6 Å². The first-order chi connectivity index (χ1) is 13.1. The van der Waals surface area contributed by atoms with Crippen LogP contribution in [0.15, 0.2) is 57.7 Å². The zero-order valence-electron chi connectivity index (χ0n) is 15.2. The monoisotopic (exact) mass is 366 g/mol. The standard InChI is InChI=1S/C21H22N2O4/c1-14-8-10-15(11-9-14)20-16(5-4-12-26-20)22-19(24)13-23-17-6-2-3-7-18(17)27-21(23)25/h2-3,6-11,16,20H,4-5,12-13H2,1H3,(H,22,24)/t16-,20+/m1/s1. The van der Waals surface area contributed by atoms with Crippen molar-refractivity contribution >= 4 is 17.0 Å². The van der Waals surface area contributed by atoms with Crippen molar-refractivity contribution in [1.29, 1.82) is 0 Å². The molecule has 2 aromatic carbocycles. The quantitative estimate of drug-likeness (QED) is 0.770. The lowest BCUT2D eigenvalue weighted by atomic mass is 9.95. The fourth-order valence-corrected chi connectivity index (χ4v) is 3.57. The molecule has 1 saturated heterocycles. The summed E-state index contributed by atoms with van der Waals surface area (Å²) in [4.78, 5) is 24.7. The lowest BCUT2D eigenvalue weighted by molar-refractivity contribution is -0.124. The van der Waals surface area contributed by atoms with Crippen LogP contribution in [-0.4, -0.2) is 23.1 Å². The molecular formula is C21H22N2O4. The Labute approximate surface area is 156 Å². The molecule has 0 saturated carbocycles. The second-order valence-corrected chi connectivity index (χ2v) is 6.94. The second kappa shape index (κ2) is 7.40. The Morgan fingerprint density at radius 3 is 2.78 bits per heavy atom. The van der Waals surface area contributed by atoms with Crippen LogP contribution >= 0.6 is 0 Å². The zero-order valence-corrected chi connectivity index (χ0v) is 15.2. The van der Waals surface area contributed by atoms with E-state index in [-0.39, 0.29) is 24.6 Å². The third-order valence-corrected chi connectivity index (χ3v) is 4.95. The predicted octanol–water partition coefficient (Wildman–Crippen LogP) is 2.94. The van der Waals surface area contributed by atoms with Crippen molar-refractivity contribution in [3.63, 3.8) is 0 Å². The van der Waals surface area contributed by atoms with Gasteiger partial charge in [0.1, 0.15) is 12.6 Å². The molecule has 0 aliphatic carbocycles. The van der Waals surface area contributed by atoms with Gasteiger partial charge in [-0.2, -0.15) is 0 Å². The van der Waals surface area contributed by atoms with Crippen LogP contribution in [0.25, 0.3) is 11.1 Å². The maximum atomic E-state index is 12.6. The fourth-order valence-electron chi connectivity index (χ4n) is 3.57. The highest BCUT2D eigenvalue weighted by molar-refractivity contribution is 5.79. The van der Waals surface area contributed by atoms with E-state index in [4.69, 9.17) is 9.15 Å². The van der Waals surface area contributed by atoms with Crippen LogP contribution in [0.1, 0.15) is 30.1 Å². The maximum absolute atomic E-state index is 12.6. The number of nitrogens with one attached hydrogen (secondary N) is 1. The summed E-state index contributed by atoms with van der Waals surface area (Å²) in [6, 6.07) is 15.1. The van der Waals surface area contributed by atoms with E-state index in [0.29, 0.717) is 17.7 Å². The first-order valence-corrected chi connectivity index (χ1v) is 9.18. The molecule has 1 aliphatic heterocycles. The van der Waals surface area contributed by atoms with E-state index in [9.17, 15) is 9.59 Å². The van der Waals surface area contributed by atoms with Gasteiger partial charge in [0.15, 0.2) is 5.58 Å². The molecule has 3 aromatic rings. The summed E-state index contributed by atoms with van der Waals surface area (Å²) in [5, 5.41) is 3.05. The Hall–Kier alpha value is -2.86. The molecule has 1 fully saturated rings. The number of nitrogens with zero attached hydrogens (tertiary/aromatic N) is 1. The predicted molar refractivity (Wildman–Crippen MR) is 102 cm³/mol. The first-order valence-electron chi connectivity index (χ1n) is 9.18. The van der Waals surface area contributed by atoms with Crippen molar-refractivity contribution in [2.75, 3.05) is 6.61 Å². The van der Waals surface area contributed by atoms with Crippen LogP contribution in [0.3, 0.4) is 0 Å². The van der Waals surface area contributed by atoms with Crippen LogP contribution < -0.4 is 11.1 Å². The lowest BCUT2D eigenvalue weighted by Crippen LogP contribution is -2.44. The molecule has 0 radical (unpaired) electrons. The molecule has 1 aliphatic rings. The molecule has 0 spiro atoms. The third-order valence-electron chi connectivity index (χ3n) is 4.95. The minimum Gasteiger partial charge on any atom is -0.408 e. The average molecular weight is 366 g/mol. The van der Waals surface area contributed by atoms with Gasteiger partial charge in [0, 0.05) is 6.61 Å². The summed E-state index contributed by atoms with van der Waals surface area (Å²) in [6.45, 7) is 2.64. The zero-order chi connectivity index (χ0) is 18.8. The van der Waals surface area contributed by atoms with E-state index in [1.165, 1.54) is 10.1 Å². The Morgan fingerprint density at radius 2 is 1.96 bits per heavy atom. The van der Waals surface area contributed by atoms with Crippen LogP contribution in [0.2, 0.25) is 0 Å². The van der Waals surface area contributed by atoms with E-state index < -0.39 is 5.76 Å². The van der Waals surface area contributed by atoms with Crippen molar-refractivity contribution in [3.05, 3.63) is 70.2 Å². The molecule has 0 unspecified atom stereocenters. The van der Waals surface area contributed by atoms with E-state index in [2.05, 4.69) is 5.32 Å². The van der Waals surface area contributed by atoms with Crippen molar-refractivity contribution < 1.29 is 13.9 Å². The van der Waals surface area contributed by atoms with Gasteiger partial charge in [0.2, 0.25) is 5.91 Å². The largest absolute Gasteiger partial charge is 0.420 e. The number of benzene rings is 2. The van der Waals surface area contributed by atoms with Gasteiger partial charge in [-0.25, -0.2) is 4.79 Å². The molecule has 4 rings (SSSR count). The second-order valence-electron chi connectivity index (χ2n) is 6.94.